The molecule has 1 aliphatic rings. The minimum Gasteiger partial charge on any atom is -0.306 e. The van der Waals surface area contributed by atoms with E-state index in [9.17, 15) is 0 Å². The number of hydrogen-bond donors (Lipinski definition) is 0. The van der Waals surface area contributed by atoms with Crippen LogP contribution in [0.2, 0.25) is 0 Å². The van der Waals surface area contributed by atoms with Gasteiger partial charge in [0.1, 0.15) is 5.82 Å². The van der Waals surface area contributed by atoms with Gasteiger partial charge < -0.3 is 4.90 Å². The van der Waals surface area contributed by atoms with Crippen LogP contribution in [0.4, 0.5) is 34.3 Å². The van der Waals surface area contributed by atoms with Gasteiger partial charge in [0.2, 0.25) is 0 Å². The number of halogens is 1. The SMILES string of the molecule is Brc1cccc2cccc(N3c4ccccc4N(c4nc(-c5ccccc5)nc5ccccc45)c4ccccc43)c12. The second-order valence-corrected chi connectivity index (χ2v) is 10.9. The summed E-state index contributed by atoms with van der Waals surface area (Å²) in [6, 6.07) is 48.4. The summed E-state index contributed by atoms with van der Waals surface area (Å²) in [5.74, 6) is 1.56. The first kappa shape index (κ1) is 23.9. The molecule has 0 spiro atoms. The third kappa shape index (κ3) is 3.81. The Hall–Kier alpha value is -5.00. The van der Waals surface area contributed by atoms with Gasteiger partial charge >= 0.3 is 0 Å². The van der Waals surface area contributed by atoms with Crippen LogP contribution in [0.3, 0.4) is 0 Å². The third-order valence-corrected chi connectivity index (χ3v) is 8.29. The normalized spacial score (nSPS) is 12.4. The third-order valence-electron chi connectivity index (χ3n) is 7.63. The number of para-hydroxylation sites is 5. The summed E-state index contributed by atoms with van der Waals surface area (Å²) in [6.45, 7) is 0. The molecule has 0 radical (unpaired) electrons. The lowest BCUT2D eigenvalue weighted by molar-refractivity contribution is 1.12. The van der Waals surface area contributed by atoms with Crippen LogP contribution in [0.5, 0.6) is 0 Å². The van der Waals surface area contributed by atoms with Crippen LogP contribution in [0.15, 0.2) is 144 Å². The maximum absolute atomic E-state index is 5.24. The summed E-state index contributed by atoms with van der Waals surface area (Å²) in [6.07, 6.45) is 0. The molecule has 194 valence electrons. The Balaban J connectivity index is 1.43. The van der Waals surface area contributed by atoms with Crippen LogP contribution >= 0.6 is 15.9 Å². The molecule has 0 atom stereocenters. The summed E-state index contributed by atoms with van der Waals surface area (Å²) < 4.78 is 1.07. The van der Waals surface area contributed by atoms with Gasteiger partial charge in [0.15, 0.2) is 5.82 Å². The van der Waals surface area contributed by atoms with Gasteiger partial charge in [0.05, 0.1) is 34.0 Å². The molecule has 0 N–H and O–H groups in total. The zero-order valence-electron chi connectivity index (χ0n) is 21.9. The van der Waals surface area contributed by atoms with Crippen molar-refractivity contribution in [3.05, 3.63) is 144 Å². The Morgan fingerprint density at radius 3 is 1.73 bits per heavy atom. The molecule has 0 aliphatic carbocycles. The smallest absolute Gasteiger partial charge is 0.162 e. The molecule has 6 aromatic carbocycles. The van der Waals surface area contributed by atoms with Crippen molar-refractivity contribution in [2.75, 3.05) is 9.80 Å². The van der Waals surface area contributed by atoms with Gasteiger partial charge in [-0.15, -0.1) is 0 Å². The van der Waals surface area contributed by atoms with E-state index in [-0.39, 0.29) is 0 Å². The lowest BCUT2D eigenvalue weighted by Gasteiger charge is -2.40. The Morgan fingerprint density at radius 1 is 0.463 bits per heavy atom. The number of anilines is 6. The first-order chi connectivity index (χ1) is 20.3. The largest absolute Gasteiger partial charge is 0.306 e. The number of aromatic nitrogens is 2. The van der Waals surface area contributed by atoms with Crippen LogP contribution in [0.1, 0.15) is 0 Å². The van der Waals surface area contributed by atoms with E-state index in [1.54, 1.807) is 0 Å². The van der Waals surface area contributed by atoms with Gasteiger partial charge in [-0.3, -0.25) is 4.90 Å². The summed E-state index contributed by atoms with van der Waals surface area (Å²) >= 11 is 3.85. The van der Waals surface area contributed by atoms with E-state index in [1.807, 2.05) is 24.3 Å². The fourth-order valence-electron chi connectivity index (χ4n) is 5.84. The second-order valence-electron chi connectivity index (χ2n) is 10.0. The zero-order chi connectivity index (χ0) is 27.3. The van der Waals surface area contributed by atoms with Gasteiger partial charge in [-0.05, 0) is 53.9 Å². The number of hydrogen-bond acceptors (Lipinski definition) is 4. The molecule has 0 fully saturated rings. The molecule has 2 heterocycles. The molecule has 1 aliphatic heterocycles. The molecule has 5 heteroatoms. The predicted molar refractivity (Wildman–Crippen MR) is 173 cm³/mol. The fourth-order valence-corrected chi connectivity index (χ4v) is 6.43. The molecule has 0 saturated heterocycles. The van der Waals surface area contributed by atoms with Crippen molar-refractivity contribution >= 4 is 71.9 Å². The van der Waals surface area contributed by atoms with Gasteiger partial charge in [-0.25, -0.2) is 9.97 Å². The monoisotopic (exact) mass is 590 g/mol. The van der Waals surface area contributed by atoms with Crippen LogP contribution in [0, 0.1) is 0 Å². The second kappa shape index (κ2) is 9.58. The first-order valence-corrected chi connectivity index (χ1v) is 14.3. The molecule has 41 heavy (non-hydrogen) atoms. The maximum Gasteiger partial charge on any atom is 0.162 e. The van der Waals surface area contributed by atoms with E-state index in [4.69, 9.17) is 9.97 Å². The molecule has 1 aromatic heterocycles. The van der Waals surface area contributed by atoms with E-state index in [1.165, 1.54) is 10.8 Å². The Kier molecular flexibility index (Phi) is 5.57. The van der Waals surface area contributed by atoms with Crippen molar-refractivity contribution in [1.82, 2.24) is 9.97 Å². The van der Waals surface area contributed by atoms with E-state index in [0.717, 1.165) is 55.2 Å². The van der Waals surface area contributed by atoms with Crippen LogP contribution in [-0.4, -0.2) is 9.97 Å². The minimum atomic E-state index is 0.703. The van der Waals surface area contributed by atoms with Crippen molar-refractivity contribution in [2.24, 2.45) is 0 Å². The topological polar surface area (TPSA) is 32.3 Å². The lowest BCUT2D eigenvalue weighted by Crippen LogP contribution is -2.25. The van der Waals surface area contributed by atoms with Gasteiger partial charge in [0.25, 0.3) is 0 Å². The molecule has 0 unspecified atom stereocenters. The molecule has 4 nitrogen and oxygen atoms in total. The van der Waals surface area contributed by atoms with Crippen molar-refractivity contribution in [3.63, 3.8) is 0 Å². The highest BCUT2D eigenvalue weighted by Crippen LogP contribution is 2.55. The number of fused-ring (bicyclic) bond motifs is 4. The fraction of sp³-hybridized carbons (Fsp3) is 0. The van der Waals surface area contributed by atoms with E-state index < -0.39 is 0 Å². The Morgan fingerprint density at radius 2 is 1.02 bits per heavy atom. The average Bonchev–Trinajstić information content (AvgIpc) is 3.03. The van der Waals surface area contributed by atoms with Crippen LogP contribution in [-0.2, 0) is 0 Å². The van der Waals surface area contributed by atoms with Gasteiger partial charge in [0, 0.05) is 20.8 Å². The van der Waals surface area contributed by atoms with Crippen LogP contribution < -0.4 is 9.80 Å². The van der Waals surface area contributed by atoms with E-state index in [0.29, 0.717) is 5.82 Å². The number of rotatable bonds is 3. The van der Waals surface area contributed by atoms with Crippen molar-refractivity contribution < 1.29 is 0 Å². The molecular formula is C36H23BrN4. The highest BCUT2D eigenvalue weighted by molar-refractivity contribution is 9.10. The predicted octanol–water partition coefficient (Wildman–Crippen LogP) is 10.5. The molecule has 7 aromatic rings. The number of nitrogens with zero attached hydrogens (tertiary/aromatic N) is 4. The van der Waals surface area contributed by atoms with E-state index >= 15 is 0 Å². The molecule has 0 saturated carbocycles. The van der Waals surface area contributed by atoms with Crippen molar-refractivity contribution in [3.8, 4) is 11.4 Å². The summed E-state index contributed by atoms with van der Waals surface area (Å²) in [7, 11) is 0. The standard InChI is InChI=1S/C36H23BrN4/c37-27-17-10-14-24-15-11-23-33(34(24)27)40-29-19-6-8-21-31(29)41(32-22-9-7-20-30(32)40)36-26-16-4-5-18-28(26)38-35(39-36)25-12-2-1-3-13-25/h1-23H. The first-order valence-electron chi connectivity index (χ1n) is 13.6. The molecular weight excluding hydrogens is 568 g/mol. The summed E-state index contributed by atoms with van der Waals surface area (Å²) in [4.78, 5) is 14.9. The van der Waals surface area contributed by atoms with Crippen LogP contribution in [0.25, 0.3) is 33.1 Å². The molecule has 0 amide bonds. The quantitative estimate of drug-likeness (QED) is 0.205. The zero-order valence-corrected chi connectivity index (χ0v) is 23.5. The minimum absolute atomic E-state index is 0.703. The van der Waals surface area contributed by atoms with Crippen molar-refractivity contribution in [2.45, 2.75) is 0 Å². The Bertz CT molecular complexity index is 2040. The lowest BCUT2D eigenvalue weighted by atomic mass is 10.0. The summed E-state index contributed by atoms with van der Waals surface area (Å²) in [5, 5.41) is 3.36. The highest BCUT2D eigenvalue weighted by atomic mass is 79.9. The van der Waals surface area contributed by atoms with E-state index in [2.05, 4.69) is 141 Å². The van der Waals surface area contributed by atoms with Gasteiger partial charge in [-0.2, -0.15) is 0 Å². The Labute approximate surface area is 246 Å². The highest BCUT2D eigenvalue weighted by Gasteiger charge is 2.32. The number of benzene rings is 6. The molecule has 0 bridgehead atoms. The maximum atomic E-state index is 5.24. The average molecular weight is 592 g/mol. The molecule has 8 rings (SSSR count). The summed E-state index contributed by atoms with van der Waals surface area (Å²) in [5.41, 5.74) is 7.28. The van der Waals surface area contributed by atoms with Gasteiger partial charge in [-0.1, -0.05) is 107 Å². The van der Waals surface area contributed by atoms with Crippen molar-refractivity contribution in [1.29, 1.82) is 0 Å².